The van der Waals surface area contributed by atoms with Crippen LogP contribution in [0.25, 0.3) is 0 Å². The zero-order chi connectivity index (χ0) is 21.8. The maximum absolute atomic E-state index is 12.6. The van der Waals surface area contributed by atoms with Crippen molar-refractivity contribution in [3.63, 3.8) is 0 Å². The Morgan fingerprint density at radius 2 is 1.80 bits per heavy atom. The topological polar surface area (TPSA) is 84.3 Å². The third-order valence-electron chi connectivity index (χ3n) is 6.34. The van der Waals surface area contributed by atoms with E-state index in [9.17, 15) is 14.9 Å². The number of rotatable bonds is 6. The molecule has 2 N–H and O–H groups in total. The van der Waals surface area contributed by atoms with Crippen LogP contribution in [0.3, 0.4) is 0 Å². The van der Waals surface area contributed by atoms with Crippen molar-refractivity contribution in [2.75, 3.05) is 10.6 Å². The third-order valence-corrected chi connectivity index (χ3v) is 6.34. The number of carbonyl (C=O) groups excluding carboxylic acids is 1. The van der Waals surface area contributed by atoms with E-state index in [-0.39, 0.29) is 23.2 Å². The molecule has 0 spiro atoms. The van der Waals surface area contributed by atoms with E-state index >= 15 is 0 Å². The molecule has 2 aromatic rings. The maximum atomic E-state index is 12.6. The fourth-order valence-electron chi connectivity index (χ4n) is 4.09. The Balaban J connectivity index is 1.77. The molecule has 3 unspecified atom stereocenters. The molecule has 1 saturated carbocycles. The second-order valence-electron chi connectivity index (χ2n) is 8.74. The van der Waals surface area contributed by atoms with Gasteiger partial charge in [0, 0.05) is 23.4 Å². The van der Waals surface area contributed by atoms with Crippen molar-refractivity contribution in [2.45, 2.75) is 58.9 Å². The summed E-state index contributed by atoms with van der Waals surface area (Å²) in [6.07, 6.45) is 3.31. The second kappa shape index (κ2) is 9.28. The van der Waals surface area contributed by atoms with Crippen LogP contribution in [0.4, 0.5) is 17.1 Å². The minimum absolute atomic E-state index is 0.0665. The van der Waals surface area contributed by atoms with Gasteiger partial charge in [0.15, 0.2) is 0 Å². The monoisotopic (exact) mass is 409 g/mol. The van der Waals surface area contributed by atoms with Gasteiger partial charge >= 0.3 is 0 Å². The Morgan fingerprint density at radius 1 is 1.10 bits per heavy atom. The zero-order valence-corrected chi connectivity index (χ0v) is 18.1. The van der Waals surface area contributed by atoms with Gasteiger partial charge in [-0.2, -0.15) is 0 Å². The predicted molar refractivity (Wildman–Crippen MR) is 121 cm³/mol. The third kappa shape index (κ3) is 4.99. The van der Waals surface area contributed by atoms with Crippen molar-refractivity contribution in [1.29, 1.82) is 0 Å². The SMILES string of the molecule is CC(C)c1ccc(NC(=O)c2ccc(NC3CCCC(C)C3C)c([N+](=O)[O-])c2)cc1. The van der Waals surface area contributed by atoms with Crippen LogP contribution in [0.2, 0.25) is 0 Å². The summed E-state index contributed by atoms with van der Waals surface area (Å²) in [5.74, 6) is 1.08. The summed E-state index contributed by atoms with van der Waals surface area (Å²) in [6.45, 7) is 8.64. The van der Waals surface area contributed by atoms with Gasteiger partial charge in [0.2, 0.25) is 0 Å². The largest absolute Gasteiger partial charge is 0.376 e. The summed E-state index contributed by atoms with van der Waals surface area (Å²) in [5, 5.41) is 17.9. The van der Waals surface area contributed by atoms with E-state index in [0.717, 1.165) is 12.8 Å². The summed E-state index contributed by atoms with van der Waals surface area (Å²) in [7, 11) is 0. The number of benzene rings is 2. The number of anilines is 2. The van der Waals surface area contributed by atoms with Crippen molar-refractivity contribution in [2.24, 2.45) is 11.8 Å². The molecule has 0 aromatic heterocycles. The van der Waals surface area contributed by atoms with E-state index in [1.165, 1.54) is 18.1 Å². The summed E-state index contributed by atoms with van der Waals surface area (Å²) in [6, 6.07) is 12.5. The van der Waals surface area contributed by atoms with Gasteiger partial charge in [-0.25, -0.2) is 0 Å². The lowest BCUT2D eigenvalue weighted by Gasteiger charge is -2.35. The van der Waals surface area contributed by atoms with Gasteiger partial charge in [0.1, 0.15) is 5.69 Å². The number of nitro benzene ring substituents is 1. The number of amides is 1. The highest BCUT2D eigenvalue weighted by molar-refractivity contribution is 6.05. The van der Waals surface area contributed by atoms with Crippen LogP contribution in [0.5, 0.6) is 0 Å². The van der Waals surface area contributed by atoms with E-state index in [2.05, 4.69) is 38.3 Å². The van der Waals surface area contributed by atoms with Crippen molar-refractivity contribution in [3.05, 3.63) is 63.7 Å². The summed E-state index contributed by atoms with van der Waals surface area (Å²) in [5.41, 5.74) is 2.53. The van der Waals surface area contributed by atoms with E-state index < -0.39 is 4.92 Å². The van der Waals surface area contributed by atoms with Crippen LogP contribution in [0.1, 0.15) is 68.8 Å². The molecule has 1 fully saturated rings. The Morgan fingerprint density at radius 3 is 2.43 bits per heavy atom. The maximum Gasteiger partial charge on any atom is 0.293 e. The fourth-order valence-corrected chi connectivity index (χ4v) is 4.09. The fraction of sp³-hybridized carbons (Fsp3) is 0.458. The molecule has 0 radical (unpaired) electrons. The van der Waals surface area contributed by atoms with Gasteiger partial charge in [-0.05, 0) is 54.0 Å². The average molecular weight is 410 g/mol. The van der Waals surface area contributed by atoms with Gasteiger partial charge in [-0.3, -0.25) is 14.9 Å². The number of hydrogen-bond acceptors (Lipinski definition) is 4. The van der Waals surface area contributed by atoms with Crippen molar-refractivity contribution >= 4 is 23.0 Å². The molecular weight excluding hydrogens is 378 g/mol. The summed E-state index contributed by atoms with van der Waals surface area (Å²) < 4.78 is 0. The number of nitrogens with zero attached hydrogens (tertiary/aromatic N) is 1. The Hall–Kier alpha value is -2.89. The molecule has 0 bridgehead atoms. The highest BCUT2D eigenvalue weighted by atomic mass is 16.6. The molecule has 0 heterocycles. The molecule has 1 aliphatic rings. The normalized spacial score (nSPS) is 21.3. The molecule has 1 amide bonds. The molecule has 6 heteroatoms. The van der Waals surface area contributed by atoms with E-state index in [4.69, 9.17) is 0 Å². The Labute approximate surface area is 178 Å². The number of carbonyl (C=O) groups is 1. The molecule has 0 saturated heterocycles. The Kier molecular flexibility index (Phi) is 6.75. The first kappa shape index (κ1) is 21.8. The number of hydrogen-bond donors (Lipinski definition) is 2. The summed E-state index contributed by atoms with van der Waals surface area (Å²) in [4.78, 5) is 23.9. The van der Waals surface area contributed by atoms with Crippen LogP contribution in [0.15, 0.2) is 42.5 Å². The van der Waals surface area contributed by atoms with Crippen LogP contribution in [-0.4, -0.2) is 16.9 Å². The highest BCUT2D eigenvalue weighted by Gasteiger charge is 2.29. The van der Waals surface area contributed by atoms with E-state index in [1.54, 1.807) is 12.1 Å². The van der Waals surface area contributed by atoms with Gasteiger partial charge < -0.3 is 10.6 Å². The molecule has 0 aliphatic heterocycles. The smallest absolute Gasteiger partial charge is 0.293 e. The lowest BCUT2D eigenvalue weighted by Crippen LogP contribution is -2.35. The first-order valence-electron chi connectivity index (χ1n) is 10.7. The minimum Gasteiger partial charge on any atom is -0.376 e. The first-order valence-corrected chi connectivity index (χ1v) is 10.7. The zero-order valence-electron chi connectivity index (χ0n) is 18.1. The van der Waals surface area contributed by atoms with Crippen LogP contribution < -0.4 is 10.6 Å². The molecule has 2 aromatic carbocycles. The van der Waals surface area contributed by atoms with Crippen molar-refractivity contribution < 1.29 is 9.72 Å². The minimum atomic E-state index is -0.423. The molecule has 1 aliphatic carbocycles. The quantitative estimate of drug-likeness (QED) is 0.439. The van der Waals surface area contributed by atoms with Crippen molar-refractivity contribution in [1.82, 2.24) is 0 Å². The first-order chi connectivity index (χ1) is 14.3. The van der Waals surface area contributed by atoms with Crippen molar-refractivity contribution in [3.8, 4) is 0 Å². The predicted octanol–water partition coefficient (Wildman–Crippen LogP) is 6.21. The van der Waals surface area contributed by atoms with E-state index in [1.807, 2.05) is 24.3 Å². The van der Waals surface area contributed by atoms with Gasteiger partial charge in [0.25, 0.3) is 11.6 Å². The molecular formula is C24H31N3O3. The van der Waals surface area contributed by atoms with Crippen LogP contribution in [0, 0.1) is 22.0 Å². The second-order valence-corrected chi connectivity index (χ2v) is 8.74. The number of nitro groups is 1. The average Bonchev–Trinajstić information content (AvgIpc) is 2.71. The molecule has 3 atom stereocenters. The molecule has 160 valence electrons. The lowest BCUT2D eigenvalue weighted by molar-refractivity contribution is -0.384. The summed E-state index contributed by atoms with van der Waals surface area (Å²) >= 11 is 0. The van der Waals surface area contributed by atoms with Gasteiger partial charge in [0.05, 0.1) is 4.92 Å². The van der Waals surface area contributed by atoms with Crippen LogP contribution in [-0.2, 0) is 0 Å². The molecule has 30 heavy (non-hydrogen) atoms. The molecule has 6 nitrogen and oxygen atoms in total. The van der Waals surface area contributed by atoms with Gasteiger partial charge in [-0.15, -0.1) is 0 Å². The molecule has 3 rings (SSSR count). The van der Waals surface area contributed by atoms with E-state index in [0.29, 0.717) is 29.1 Å². The van der Waals surface area contributed by atoms with Gasteiger partial charge in [-0.1, -0.05) is 52.7 Å². The number of nitrogens with one attached hydrogen (secondary N) is 2. The highest BCUT2D eigenvalue weighted by Crippen LogP contribution is 2.34. The van der Waals surface area contributed by atoms with Crippen LogP contribution >= 0.6 is 0 Å². The lowest BCUT2D eigenvalue weighted by atomic mass is 9.78. The Bertz CT molecular complexity index is 908. The standard InChI is InChI=1S/C24H31N3O3/c1-15(2)18-8-11-20(12-9-18)25-24(28)19-10-13-22(23(14-19)27(29)30)26-21-7-5-6-16(3)17(21)4/h8-17,21,26H,5-7H2,1-4H3,(H,25,28).